The number of phosphoric ester groups is 1. The Labute approximate surface area is 221 Å². The molecular formula is C27H56NO7P. The molecule has 0 fully saturated rings. The maximum atomic E-state index is 11.9. The number of ether oxygens (including phenoxy) is 2. The molecule has 0 rings (SSSR count). The second kappa shape index (κ2) is 26.3. The Kier molecular flexibility index (Phi) is 26.0. The van der Waals surface area contributed by atoms with Gasteiger partial charge in [-0.25, -0.2) is 4.57 Å². The third-order valence-electron chi connectivity index (χ3n) is 6.02. The maximum absolute atomic E-state index is 11.9. The molecule has 8 nitrogen and oxygen atoms in total. The van der Waals surface area contributed by atoms with E-state index >= 15 is 0 Å². The molecule has 0 aliphatic carbocycles. The summed E-state index contributed by atoms with van der Waals surface area (Å²) < 4.78 is 33.2. The van der Waals surface area contributed by atoms with Crippen molar-refractivity contribution in [3.63, 3.8) is 0 Å². The number of phosphoric acid groups is 1. The number of unbranched alkanes of at least 4 members (excludes halogenated alkanes) is 14. The maximum Gasteiger partial charge on any atom is 0.472 e. The standard InChI is InChI=1S/C27H56NO7P/c1-3-4-5-6-7-8-9-10-11-12-13-14-15-17-21-32-24-27(33-22-18-16-19-26(2)29)25-35-36(30,31)34-23-20-28/h27H,3-25,28H2,1-2H3,(H,30,31)/t27-/m1/s1. The summed E-state index contributed by atoms with van der Waals surface area (Å²) in [5.74, 6) is 0.157. The molecule has 0 heterocycles. The van der Waals surface area contributed by atoms with Gasteiger partial charge in [-0.2, -0.15) is 0 Å². The van der Waals surface area contributed by atoms with Crippen molar-refractivity contribution in [1.82, 2.24) is 0 Å². The fourth-order valence-corrected chi connectivity index (χ4v) is 4.63. The quantitative estimate of drug-likeness (QED) is 0.0797. The van der Waals surface area contributed by atoms with E-state index in [0.29, 0.717) is 19.6 Å². The lowest BCUT2D eigenvalue weighted by atomic mass is 10.0. The number of ketones is 1. The predicted molar refractivity (Wildman–Crippen MR) is 146 cm³/mol. The SMILES string of the molecule is CCCCCCCCCCCCCCCCOC[C@H](COP(=O)(O)OCCN)OCCCCC(C)=O. The van der Waals surface area contributed by atoms with Crippen LogP contribution in [-0.4, -0.2) is 56.4 Å². The van der Waals surface area contributed by atoms with Gasteiger partial charge in [-0.1, -0.05) is 90.4 Å². The zero-order valence-electron chi connectivity index (χ0n) is 23.3. The number of hydrogen-bond donors (Lipinski definition) is 2. The average Bonchev–Trinajstić information content (AvgIpc) is 2.84. The summed E-state index contributed by atoms with van der Waals surface area (Å²) >= 11 is 0. The number of Topliss-reactive ketones (excluding diaryl/α,β-unsaturated/α-hetero) is 1. The van der Waals surface area contributed by atoms with E-state index < -0.39 is 13.9 Å². The molecule has 0 amide bonds. The predicted octanol–water partition coefficient (Wildman–Crippen LogP) is 6.72. The lowest BCUT2D eigenvalue weighted by Crippen LogP contribution is -2.26. The van der Waals surface area contributed by atoms with Crippen LogP contribution in [0, 0.1) is 0 Å². The van der Waals surface area contributed by atoms with Gasteiger partial charge in [0, 0.05) is 26.2 Å². The fourth-order valence-electron chi connectivity index (χ4n) is 3.87. The summed E-state index contributed by atoms with van der Waals surface area (Å²) in [4.78, 5) is 20.8. The minimum atomic E-state index is -4.16. The molecule has 3 N–H and O–H groups in total. The van der Waals surface area contributed by atoms with Gasteiger partial charge in [0.15, 0.2) is 0 Å². The number of carbonyl (C=O) groups excluding carboxylic acids is 1. The molecule has 0 spiro atoms. The first kappa shape index (κ1) is 35.7. The van der Waals surface area contributed by atoms with Crippen LogP contribution in [0.1, 0.15) is 123 Å². The molecule has 0 aliphatic rings. The van der Waals surface area contributed by atoms with Crippen LogP contribution in [-0.2, 0) is 27.9 Å². The highest BCUT2D eigenvalue weighted by molar-refractivity contribution is 7.47. The third-order valence-corrected chi connectivity index (χ3v) is 7.00. The minimum Gasteiger partial charge on any atom is -0.379 e. The number of carbonyl (C=O) groups is 1. The first-order chi connectivity index (χ1) is 17.4. The zero-order chi connectivity index (χ0) is 26.7. The average molecular weight is 538 g/mol. The number of nitrogens with two attached hydrogens (primary N) is 1. The van der Waals surface area contributed by atoms with Crippen molar-refractivity contribution in [3.8, 4) is 0 Å². The Balaban J connectivity index is 3.85. The Hall–Kier alpha value is -0.340. The van der Waals surface area contributed by atoms with E-state index in [1.54, 1.807) is 6.92 Å². The van der Waals surface area contributed by atoms with E-state index in [0.717, 1.165) is 25.7 Å². The van der Waals surface area contributed by atoms with Crippen LogP contribution in [0.3, 0.4) is 0 Å². The highest BCUT2D eigenvalue weighted by Crippen LogP contribution is 2.43. The summed E-state index contributed by atoms with van der Waals surface area (Å²) in [6.07, 6.45) is 19.9. The number of hydrogen-bond acceptors (Lipinski definition) is 7. The zero-order valence-corrected chi connectivity index (χ0v) is 24.2. The second-order valence-corrected chi connectivity index (χ2v) is 11.2. The molecule has 9 heteroatoms. The summed E-state index contributed by atoms with van der Waals surface area (Å²) in [5, 5.41) is 0. The van der Waals surface area contributed by atoms with Gasteiger partial charge < -0.3 is 24.9 Å². The van der Waals surface area contributed by atoms with Crippen molar-refractivity contribution in [2.75, 3.05) is 39.6 Å². The monoisotopic (exact) mass is 537 g/mol. The molecule has 2 atom stereocenters. The van der Waals surface area contributed by atoms with Gasteiger partial charge in [0.05, 0.1) is 19.8 Å². The molecule has 0 aliphatic heterocycles. The van der Waals surface area contributed by atoms with Crippen molar-refractivity contribution < 1.29 is 32.8 Å². The van der Waals surface area contributed by atoms with Gasteiger partial charge in [0.1, 0.15) is 11.9 Å². The molecule has 216 valence electrons. The molecular weight excluding hydrogens is 481 g/mol. The molecule has 0 radical (unpaired) electrons. The summed E-state index contributed by atoms with van der Waals surface area (Å²) in [6.45, 7) is 5.14. The topological polar surface area (TPSA) is 117 Å². The van der Waals surface area contributed by atoms with Gasteiger partial charge in [-0.05, 0) is 26.2 Å². The fraction of sp³-hybridized carbons (Fsp3) is 0.963. The molecule has 0 aromatic carbocycles. The van der Waals surface area contributed by atoms with Crippen LogP contribution < -0.4 is 5.73 Å². The van der Waals surface area contributed by atoms with Gasteiger partial charge in [0.2, 0.25) is 0 Å². The highest BCUT2D eigenvalue weighted by Gasteiger charge is 2.23. The van der Waals surface area contributed by atoms with Crippen molar-refractivity contribution in [1.29, 1.82) is 0 Å². The highest BCUT2D eigenvalue weighted by atomic mass is 31.2. The molecule has 36 heavy (non-hydrogen) atoms. The van der Waals surface area contributed by atoms with Crippen LogP contribution in [0.15, 0.2) is 0 Å². The molecule has 1 unspecified atom stereocenters. The van der Waals surface area contributed by atoms with Crippen LogP contribution >= 0.6 is 7.82 Å². The van der Waals surface area contributed by atoms with E-state index in [9.17, 15) is 14.3 Å². The molecule has 0 saturated heterocycles. The molecule has 0 aromatic rings. The van der Waals surface area contributed by atoms with Crippen LogP contribution in [0.5, 0.6) is 0 Å². The van der Waals surface area contributed by atoms with E-state index in [1.807, 2.05) is 0 Å². The Morgan fingerprint density at radius 2 is 1.28 bits per heavy atom. The van der Waals surface area contributed by atoms with Gasteiger partial charge in [0.25, 0.3) is 0 Å². The van der Waals surface area contributed by atoms with Crippen molar-refractivity contribution in [2.24, 2.45) is 5.73 Å². The van der Waals surface area contributed by atoms with Gasteiger partial charge >= 0.3 is 7.82 Å². The second-order valence-electron chi connectivity index (χ2n) is 9.71. The van der Waals surface area contributed by atoms with Crippen LogP contribution in [0.4, 0.5) is 0 Å². The van der Waals surface area contributed by atoms with Gasteiger partial charge in [-0.3, -0.25) is 9.05 Å². The van der Waals surface area contributed by atoms with E-state index in [1.165, 1.54) is 77.0 Å². The Bertz CT molecular complexity index is 536. The van der Waals surface area contributed by atoms with Crippen molar-refractivity contribution in [3.05, 3.63) is 0 Å². The van der Waals surface area contributed by atoms with E-state index in [-0.39, 0.29) is 32.1 Å². The largest absolute Gasteiger partial charge is 0.472 e. The Morgan fingerprint density at radius 3 is 1.81 bits per heavy atom. The first-order valence-electron chi connectivity index (χ1n) is 14.4. The van der Waals surface area contributed by atoms with Gasteiger partial charge in [-0.15, -0.1) is 0 Å². The summed E-state index contributed by atoms with van der Waals surface area (Å²) in [5.41, 5.74) is 5.30. The van der Waals surface area contributed by atoms with Crippen LogP contribution in [0.25, 0.3) is 0 Å². The van der Waals surface area contributed by atoms with Crippen LogP contribution in [0.2, 0.25) is 0 Å². The summed E-state index contributed by atoms with van der Waals surface area (Å²) in [6, 6.07) is 0. The van der Waals surface area contributed by atoms with Crippen molar-refractivity contribution >= 4 is 13.6 Å². The van der Waals surface area contributed by atoms with E-state index in [2.05, 4.69) is 6.92 Å². The smallest absolute Gasteiger partial charge is 0.379 e. The first-order valence-corrected chi connectivity index (χ1v) is 15.9. The normalized spacial score (nSPS) is 14.1. The lowest BCUT2D eigenvalue weighted by Gasteiger charge is -2.20. The molecule has 0 bridgehead atoms. The minimum absolute atomic E-state index is 0.0556. The van der Waals surface area contributed by atoms with Crippen molar-refractivity contribution in [2.45, 2.75) is 129 Å². The summed E-state index contributed by atoms with van der Waals surface area (Å²) in [7, 11) is -4.16. The number of rotatable bonds is 29. The van der Waals surface area contributed by atoms with E-state index in [4.69, 9.17) is 24.3 Å². The third kappa shape index (κ3) is 26.7. The Morgan fingerprint density at radius 1 is 0.750 bits per heavy atom. The molecule has 0 saturated carbocycles. The molecule has 0 aromatic heterocycles. The lowest BCUT2D eigenvalue weighted by molar-refractivity contribution is -0.117.